The molecule has 3 nitrogen and oxygen atoms in total. The average Bonchev–Trinajstić information content (AvgIpc) is 2.78. The van der Waals surface area contributed by atoms with E-state index in [9.17, 15) is 0 Å². The summed E-state index contributed by atoms with van der Waals surface area (Å²) in [6.07, 6.45) is 10.0. The highest BCUT2D eigenvalue weighted by atomic mass is 16.5. The van der Waals surface area contributed by atoms with Gasteiger partial charge in [-0.2, -0.15) is 0 Å². The van der Waals surface area contributed by atoms with E-state index >= 15 is 0 Å². The maximum atomic E-state index is 5.30. The van der Waals surface area contributed by atoms with Crippen LogP contribution in [0.2, 0.25) is 0 Å². The lowest BCUT2D eigenvalue weighted by molar-refractivity contribution is 0.139. The first-order valence-corrected chi connectivity index (χ1v) is 8.34. The van der Waals surface area contributed by atoms with Crippen LogP contribution in [0.4, 0.5) is 0 Å². The Morgan fingerprint density at radius 2 is 1.85 bits per heavy atom. The maximum Gasteiger partial charge on any atom is 0.138 e. The summed E-state index contributed by atoms with van der Waals surface area (Å²) in [5.41, 5.74) is 2.30. The first-order valence-electron chi connectivity index (χ1n) is 8.34. The first kappa shape index (κ1) is 14.1. The lowest BCUT2D eigenvalue weighted by Crippen LogP contribution is -2.40. The van der Waals surface area contributed by atoms with Gasteiger partial charge in [-0.25, -0.2) is 0 Å². The highest BCUT2D eigenvalue weighted by Crippen LogP contribution is 2.41. The number of hydrogen-bond acceptors (Lipinski definition) is 3. The summed E-state index contributed by atoms with van der Waals surface area (Å²) in [5, 5.41) is 7.92. The molecular formula is C17H28N2O. The zero-order chi connectivity index (χ0) is 14.1. The van der Waals surface area contributed by atoms with Crippen molar-refractivity contribution in [2.24, 2.45) is 11.8 Å². The second kappa shape index (κ2) is 5.88. The van der Waals surface area contributed by atoms with E-state index in [0.717, 1.165) is 23.3 Å². The third kappa shape index (κ3) is 2.78. The Kier molecular flexibility index (Phi) is 4.16. The molecule has 1 heterocycles. The molecule has 0 spiro atoms. The fraction of sp³-hybridized carbons (Fsp3) is 0.824. The van der Waals surface area contributed by atoms with Crippen LogP contribution >= 0.6 is 0 Å². The van der Waals surface area contributed by atoms with Crippen molar-refractivity contribution in [2.75, 3.05) is 0 Å². The Balaban J connectivity index is 1.61. The van der Waals surface area contributed by atoms with Crippen molar-refractivity contribution in [3.05, 3.63) is 17.0 Å². The molecule has 1 aromatic rings. The van der Waals surface area contributed by atoms with Gasteiger partial charge in [0.2, 0.25) is 0 Å². The minimum absolute atomic E-state index is 0.353. The Hall–Kier alpha value is -0.830. The molecule has 4 atom stereocenters. The van der Waals surface area contributed by atoms with Gasteiger partial charge in [0.1, 0.15) is 5.76 Å². The van der Waals surface area contributed by atoms with Gasteiger partial charge in [0.25, 0.3) is 0 Å². The van der Waals surface area contributed by atoms with Crippen molar-refractivity contribution < 1.29 is 4.52 Å². The van der Waals surface area contributed by atoms with Gasteiger partial charge in [0.05, 0.1) is 5.69 Å². The number of aryl methyl sites for hydroxylation is 2. The molecule has 112 valence electrons. The van der Waals surface area contributed by atoms with E-state index in [1.54, 1.807) is 0 Å². The molecule has 2 aliphatic rings. The van der Waals surface area contributed by atoms with Crippen LogP contribution in [0.1, 0.15) is 74.9 Å². The van der Waals surface area contributed by atoms with Gasteiger partial charge in [-0.05, 0) is 51.9 Å². The smallest absolute Gasteiger partial charge is 0.138 e. The molecule has 0 aliphatic heterocycles. The molecule has 0 radical (unpaired) electrons. The lowest BCUT2D eigenvalue weighted by atomic mass is 9.69. The van der Waals surface area contributed by atoms with Crippen LogP contribution in [0.15, 0.2) is 4.52 Å². The highest BCUT2D eigenvalue weighted by Gasteiger charge is 2.33. The molecule has 4 unspecified atom stereocenters. The Bertz CT molecular complexity index is 434. The maximum absolute atomic E-state index is 5.30. The zero-order valence-corrected chi connectivity index (χ0v) is 13.1. The van der Waals surface area contributed by atoms with Gasteiger partial charge in [-0.1, -0.05) is 30.8 Å². The van der Waals surface area contributed by atoms with E-state index in [-0.39, 0.29) is 0 Å². The molecule has 2 aliphatic carbocycles. The summed E-state index contributed by atoms with van der Waals surface area (Å²) in [4.78, 5) is 0. The summed E-state index contributed by atoms with van der Waals surface area (Å²) in [5.74, 6) is 2.97. The van der Waals surface area contributed by atoms with Crippen LogP contribution in [0.5, 0.6) is 0 Å². The molecule has 1 N–H and O–H groups in total. The van der Waals surface area contributed by atoms with Crippen molar-refractivity contribution in [3.8, 4) is 0 Å². The van der Waals surface area contributed by atoms with Crippen molar-refractivity contribution in [1.29, 1.82) is 0 Å². The van der Waals surface area contributed by atoms with Crippen molar-refractivity contribution in [3.63, 3.8) is 0 Å². The van der Waals surface area contributed by atoms with Gasteiger partial charge >= 0.3 is 0 Å². The number of fused-ring (bicyclic) bond motifs is 1. The molecule has 2 fully saturated rings. The summed E-state index contributed by atoms with van der Waals surface area (Å²) in [7, 11) is 0. The molecule has 0 saturated heterocycles. The molecule has 0 bridgehead atoms. The number of rotatable bonds is 3. The average molecular weight is 276 g/mol. The van der Waals surface area contributed by atoms with Gasteiger partial charge in [0.15, 0.2) is 0 Å². The van der Waals surface area contributed by atoms with Crippen molar-refractivity contribution in [1.82, 2.24) is 10.5 Å². The molecule has 3 heteroatoms. The van der Waals surface area contributed by atoms with Gasteiger partial charge < -0.3 is 9.84 Å². The van der Waals surface area contributed by atoms with E-state index in [0.29, 0.717) is 12.1 Å². The summed E-state index contributed by atoms with van der Waals surface area (Å²) in [6, 6.07) is 1.03. The fourth-order valence-electron chi connectivity index (χ4n) is 4.57. The van der Waals surface area contributed by atoms with E-state index in [1.807, 2.05) is 13.8 Å². The fourth-order valence-corrected chi connectivity index (χ4v) is 4.57. The van der Waals surface area contributed by atoms with Crippen LogP contribution in [-0.4, -0.2) is 11.2 Å². The Morgan fingerprint density at radius 1 is 1.10 bits per heavy atom. The molecule has 2 saturated carbocycles. The van der Waals surface area contributed by atoms with Gasteiger partial charge in [-0.3, -0.25) is 0 Å². The highest BCUT2D eigenvalue weighted by molar-refractivity contribution is 5.24. The quantitative estimate of drug-likeness (QED) is 0.894. The SMILES string of the molecule is Cc1noc(C)c1C(C)NC1CCC2CCCCC2C1. The van der Waals surface area contributed by atoms with E-state index in [2.05, 4.69) is 17.4 Å². The molecular weight excluding hydrogens is 248 g/mol. The molecule has 20 heavy (non-hydrogen) atoms. The first-order chi connectivity index (χ1) is 9.65. The molecule has 3 rings (SSSR count). The monoisotopic (exact) mass is 276 g/mol. The Morgan fingerprint density at radius 3 is 2.55 bits per heavy atom. The van der Waals surface area contributed by atoms with Gasteiger partial charge in [-0.15, -0.1) is 0 Å². The topological polar surface area (TPSA) is 38.1 Å². The van der Waals surface area contributed by atoms with Gasteiger partial charge in [0, 0.05) is 17.6 Å². The molecule has 1 aromatic heterocycles. The van der Waals surface area contributed by atoms with Crippen molar-refractivity contribution in [2.45, 2.75) is 77.8 Å². The van der Waals surface area contributed by atoms with Crippen LogP contribution in [0.3, 0.4) is 0 Å². The normalized spacial score (nSPS) is 31.9. The Labute approximate surface area is 122 Å². The van der Waals surface area contributed by atoms with Crippen LogP contribution in [0, 0.1) is 25.7 Å². The summed E-state index contributed by atoms with van der Waals surface area (Å²) in [6.45, 7) is 6.31. The van der Waals surface area contributed by atoms with E-state index < -0.39 is 0 Å². The van der Waals surface area contributed by atoms with Crippen LogP contribution in [0.25, 0.3) is 0 Å². The lowest BCUT2D eigenvalue weighted by Gasteiger charge is -2.40. The van der Waals surface area contributed by atoms with Crippen LogP contribution < -0.4 is 5.32 Å². The largest absolute Gasteiger partial charge is 0.361 e. The third-order valence-electron chi connectivity index (χ3n) is 5.55. The predicted octanol–water partition coefficient (Wildman–Crippen LogP) is 4.30. The molecule has 0 aromatic carbocycles. The number of nitrogens with one attached hydrogen (secondary N) is 1. The second-order valence-corrected chi connectivity index (χ2v) is 6.94. The summed E-state index contributed by atoms with van der Waals surface area (Å²) < 4.78 is 5.30. The van der Waals surface area contributed by atoms with Crippen LogP contribution in [-0.2, 0) is 0 Å². The standard InChI is InChI=1S/C17H28N2O/c1-11(17-12(2)19-20-13(17)3)18-16-9-8-14-6-4-5-7-15(14)10-16/h11,14-16,18H,4-10H2,1-3H3. The van der Waals surface area contributed by atoms with E-state index in [4.69, 9.17) is 4.52 Å². The number of nitrogens with zero attached hydrogens (tertiary/aromatic N) is 1. The minimum Gasteiger partial charge on any atom is -0.361 e. The summed E-state index contributed by atoms with van der Waals surface area (Å²) >= 11 is 0. The number of aromatic nitrogens is 1. The minimum atomic E-state index is 0.353. The molecule has 0 amide bonds. The van der Waals surface area contributed by atoms with E-state index in [1.165, 1.54) is 50.5 Å². The second-order valence-electron chi connectivity index (χ2n) is 6.94. The zero-order valence-electron chi connectivity index (χ0n) is 13.1. The predicted molar refractivity (Wildman–Crippen MR) is 80.6 cm³/mol. The number of hydrogen-bond donors (Lipinski definition) is 1. The third-order valence-corrected chi connectivity index (χ3v) is 5.55. The van der Waals surface area contributed by atoms with Crippen molar-refractivity contribution >= 4 is 0 Å².